The number of benzene rings is 2. The van der Waals surface area contributed by atoms with Crippen LogP contribution in [-0.4, -0.2) is 15.2 Å². The number of H-pyrrole nitrogens is 1. The molecule has 0 atom stereocenters. The Kier molecular flexibility index (Phi) is 4.42. The molecule has 8 heteroatoms. The second kappa shape index (κ2) is 6.49. The average Bonchev–Trinajstić information content (AvgIpc) is 3.02. The summed E-state index contributed by atoms with van der Waals surface area (Å²) in [6.45, 7) is 1.89. The number of anilines is 4. The maximum atomic E-state index is 14.3. The summed E-state index contributed by atoms with van der Waals surface area (Å²) in [5.41, 5.74) is 1.96. The van der Waals surface area contributed by atoms with Gasteiger partial charge in [0, 0.05) is 9.26 Å². The van der Waals surface area contributed by atoms with E-state index in [2.05, 4.69) is 48.4 Å². The zero-order chi connectivity index (χ0) is 16.4. The van der Waals surface area contributed by atoms with E-state index in [1.165, 1.54) is 12.4 Å². The van der Waals surface area contributed by atoms with Gasteiger partial charge in [0.05, 0.1) is 5.69 Å². The van der Waals surface area contributed by atoms with Gasteiger partial charge in [0.2, 0.25) is 5.95 Å². The summed E-state index contributed by atoms with van der Waals surface area (Å²) in [5, 5.41) is 12.1. The minimum atomic E-state index is -0.965. The molecule has 0 spiro atoms. The number of nitrogens with zero attached hydrogens (tertiary/aromatic N) is 2. The minimum Gasteiger partial charge on any atom is -0.351 e. The molecule has 118 valence electrons. The number of hydrogen-bond donors (Lipinski definition) is 3. The number of aromatic nitrogens is 3. The van der Waals surface area contributed by atoms with E-state index in [1.807, 2.05) is 25.1 Å². The van der Waals surface area contributed by atoms with Crippen LogP contribution in [0.1, 0.15) is 5.56 Å². The third-order valence-corrected chi connectivity index (χ3v) is 3.88. The van der Waals surface area contributed by atoms with Gasteiger partial charge in [-0.2, -0.15) is 10.1 Å². The van der Waals surface area contributed by atoms with Gasteiger partial charge in [-0.05, 0) is 65.4 Å². The van der Waals surface area contributed by atoms with Gasteiger partial charge in [0.15, 0.2) is 11.6 Å². The number of rotatable bonds is 4. The first-order valence-corrected chi connectivity index (χ1v) is 7.76. The molecule has 0 aliphatic rings. The lowest BCUT2D eigenvalue weighted by atomic mass is 10.1. The van der Waals surface area contributed by atoms with Crippen LogP contribution < -0.4 is 10.6 Å². The molecule has 0 aliphatic heterocycles. The van der Waals surface area contributed by atoms with Gasteiger partial charge >= 0.3 is 0 Å². The summed E-state index contributed by atoms with van der Waals surface area (Å²) < 4.78 is 28.9. The Morgan fingerprint density at radius 2 is 1.87 bits per heavy atom. The summed E-state index contributed by atoms with van der Waals surface area (Å²) in [4.78, 5) is 3.92. The van der Waals surface area contributed by atoms with E-state index in [4.69, 9.17) is 0 Å². The molecule has 0 bridgehead atoms. The zero-order valence-electron chi connectivity index (χ0n) is 12.0. The van der Waals surface area contributed by atoms with Gasteiger partial charge in [-0.1, -0.05) is 0 Å². The van der Waals surface area contributed by atoms with E-state index < -0.39 is 11.6 Å². The third-order valence-electron chi connectivity index (χ3n) is 3.21. The van der Waals surface area contributed by atoms with Gasteiger partial charge in [-0.3, -0.25) is 0 Å². The molecule has 3 rings (SSSR count). The third kappa shape index (κ3) is 3.41. The number of nitrogens with one attached hydrogen (secondary N) is 3. The molecule has 3 N–H and O–H groups in total. The predicted molar refractivity (Wildman–Crippen MR) is 93.2 cm³/mol. The topological polar surface area (TPSA) is 65.6 Å². The van der Waals surface area contributed by atoms with Crippen molar-refractivity contribution in [3.8, 4) is 0 Å². The number of aromatic amines is 1. The molecular formula is C15H12F2IN5. The highest BCUT2D eigenvalue weighted by molar-refractivity contribution is 14.1. The molecule has 1 heterocycles. The molecule has 0 aliphatic carbocycles. The van der Waals surface area contributed by atoms with Crippen molar-refractivity contribution in [1.82, 2.24) is 15.2 Å². The van der Waals surface area contributed by atoms with E-state index >= 15 is 0 Å². The number of aryl methyl sites for hydroxylation is 1. The summed E-state index contributed by atoms with van der Waals surface area (Å²) >= 11 is 2.19. The van der Waals surface area contributed by atoms with Gasteiger partial charge < -0.3 is 10.6 Å². The van der Waals surface area contributed by atoms with Crippen LogP contribution in [0.5, 0.6) is 0 Å². The Bertz CT molecular complexity index is 836. The zero-order valence-corrected chi connectivity index (χ0v) is 14.1. The van der Waals surface area contributed by atoms with Gasteiger partial charge in [0.25, 0.3) is 0 Å². The van der Waals surface area contributed by atoms with Crippen LogP contribution in [0.15, 0.2) is 36.7 Å². The first kappa shape index (κ1) is 15.7. The maximum absolute atomic E-state index is 14.3. The second-order valence-electron chi connectivity index (χ2n) is 4.83. The largest absolute Gasteiger partial charge is 0.351 e. The van der Waals surface area contributed by atoms with Crippen LogP contribution in [0.3, 0.4) is 0 Å². The fourth-order valence-electron chi connectivity index (χ4n) is 2.07. The maximum Gasteiger partial charge on any atom is 0.222 e. The van der Waals surface area contributed by atoms with E-state index in [0.29, 0.717) is 17.3 Å². The van der Waals surface area contributed by atoms with Crippen molar-refractivity contribution in [3.63, 3.8) is 0 Å². The Hall–Kier alpha value is -2.23. The molecule has 5 nitrogen and oxygen atoms in total. The van der Waals surface area contributed by atoms with E-state index in [1.54, 1.807) is 0 Å². The van der Waals surface area contributed by atoms with Crippen LogP contribution >= 0.6 is 22.6 Å². The predicted octanol–water partition coefficient (Wildman–Crippen LogP) is 4.48. The molecule has 0 saturated heterocycles. The van der Waals surface area contributed by atoms with Gasteiger partial charge in [-0.25, -0.2) is 13.9 Å². The van der Waals surface area contributed by atoms with Crippen LogP contribution in [0.2, 0.25) is 0 Å². The van der Waals surface area contributed by atoms with Crippen molar-refractivity contribution in [3.05, 3.63) is 57.4 Å². The highest BCUT2D eigenvalue weighted by atomic mass is 127. The highest BCUT2D eigenvalue weighted by Crippen LogP contribution is 2.33. The molecule has 0 saturated carbocycles. The molecule has 1 aromatic heterocycles. The standard InChI is InChI=1S/C15H12F2IN5/c1-8-6-9(18)2-4-11(8)21-14-12(5-3-10(16)13(14)17)22-15-19-7-20-23-15/h2-7,21H,1H3,(H2,19,20,22,23). The van der Waals surface area contributed by atoms with Crippen molar-refractivity contribution >= 4 is 45.6 Å². The summed E-state index contributed by atoms with van der Waals surface area (Å²) in [7, 11) is 0. The first-order chi connectivity index (χ1) is 11.0. The lowest BCUT2D eigenvalue weighted by Crippen LogP contribution is -2.04. The van der Waals surface area contributed by atoms with E-state index in [0.717, 1.165) is 15.2 Å². The molecule has 23 heavy (non-hydrogen) atoms. The quantitative estimate of drug-likeness (QED) is 0.538. The molecule has 0 amide bonds. The molecule has 0 radical (unpaired) electrons. The monoisotopic (exact) mass is 427 g/mol. The van der Waals surface area contributed by atoms with Crippen molar-refractivity contribution in [1.29, 1.82) is 0 Å². The summed E-state index contributed by atoms with van der Waals surface area (Å²) in [5.74, 6) is -1.57. The van der Waals surface area contributed by atoms with Crippen LogP contribution in [-0.2, 0) is 0 Å². The number of hydrogen-bond acceptors (Lipinski definition) is 4. The fourth-order valence-corrected chi connectivity index (χ4v) is 2.72. The van der Waals surface area contributed by atoms with Crippen LogP contribution in [0, 0.1) is 22.1 Å². The Balaban J connectivity index is 2.00. The molecule has 2 aromatic carbocycles. The van der Waals surface area contributed by atoms with E-state index in [-0.39, 0.29) is 5.69 Å². The molecule has 3 aromatic rings. The average molecular weight is 427 g/mol. The fraction of sp³-hybridized carbons (Fsp3) is 0.0667. The Labute approximate surface area is 144 Å². The summed E-state index contributed by atoms with van der Waals surface area (Å²) in [6, 6.07) is 8.14. The minimum absolute atomic E-state index is 0.00529. The second-order valence-corrected chi connectivity index (χ2v) is 6.07. The lowest BCUT2D eigenvalue weighted by molar-refractivity contribution is 0.512. The highest BCUT2D eigenvalue weighted by Gasteiger charge is 2.15. The molecular weight excluding hydrogens is 415 g/mol. The molecule has 0 unspecified atom stereocenters. The first-order valence-electron chi connectivity index (χ1n) is 6.68. The Morgan fingerprint density at radius 1 is 1.09 bits per heavy atom. The lowest BCUT2D eigenvalue weighted by Gasteiger charge is -2.15. The normalized spacial score (nSPS) is 10.6. The molecule has 0 fully saturated rings. The van der Waals surface area contributed by atoms with Crippen molar-refractivity contribution in [2.24, 2.45) is 0 Å². The van der Waals surface area contributed by atoms with Crippen LogP contribution in [0.4, 0.5) is 31.8 Å². The van der Waals surface area contributed by atoms with Crippen molar-refractivity contribution in [2.45, 2.75) is 6.92 Å². The van der Waals surface area contributed by atoms with Crippen molar-refractivity contribution in [2.75, 3.05) is 10.6 Å². The Morgan fingerprint density at radius 3 is 2.57 bits per heavy atom. The van der Waals surface area contributed by atoms with Crippen LogP contribution in [0.25, 0.3) is 0 Å². The van der Waals surface area contributed by atoms with Gasteiger partial charge in [0.1, 0.15) is 12.0 Å². The SMILES string of the molecule is Cc1cc(I)ccc1Nc1c(Nc2ncn[nH]2)ccc(F)c1F. The van der Waals surface area contributed by atoms with Crippen molar-refractivity contribution < 1.29 is 8.78 Å². The smallest absolute Gasteiger partial charge is 0.222 e. The summed E-state index contributed by atoms with van der Waals surface area (Å²) in [6.07, 6.45) is 1.32. The van der Waals surface area contributed by atoms with Gasteiger partial charge in [-0.15, -0.1) is 0 Å². The van der Waals surface area contributed by atoms with E-state index in [9.17, 15) is 8.78 Å². The number of halogens is 3.